The third-order valence-electron chi connectivity index (χ3n) is 30.0. The molecule has 0 unspecified atom stereocenters. The average molecular weight is 2140 g/mol. The Bertz CT molecular complexity index is 7080. The largest absolute Gasteiger partial charge is 0.508 e. The molecule has 5 aromatic heterocycles. The maximum Gasteiger partial charge on any atom is 0.340 e. The first kappa shape index (κ1) is 113. The summed E-state index contributed by atoms with van der Waals surface area (Å²) >= 11 is 3.38. The quantitative estimate of drug-likeness (QED) is 0.0147. The maximum atomic E-state index is 14.5. The van der Waals surface area contributed by atoms with Crippen molar-refractivity contribution < 1.29 is 99.3 Å². The number of nitrogens with one attached hydrogen (secondary N) is 1. The topological polar surface area (TPSA) is 305 Å². The number of aliphatic hydroxyl groups is 1. The number of halogens is 7. The van der Waals surface area contributed by atoms with Crippen LogP contribution in [0.5, 0.6) is 5.75 Å². The zero-order valence-electron chi connectivity index (χ0n) is 85.1. The van der Waals surface area contributed by atoms with Crippen molar-refractivity contribution in [2.75, 3.05) is 35.5 Å². The number of fused-ring (bicyclic) bond motifs is 5. The zero-order chi connectivity index (χ0) is 106. The fourth-order valence-corrected chi connectivity index (χ4v) is 22.8. The number of ether oxygens (including phenoxy) is 5. The minimum absolute atomic E-state index is 0. The molecule has 7 aliphatic rings. The van der Waals surface area contributed by atoms with Crippen LogP contribution < -0.4 is 5.73 Å². The number of aromatic nitrogens is 5. The van der Waals surface area contributed by atoms with Crippen molar-refractivity contribution in [2.45, 2.75) is 194 Å². The number of carboxylic acid groups (broad SMARTS) is 1. The lowest BCUT2D eigenvalue weighted by molar-refractivity contribution is -0.162. The van der Waals surface area contributed by atoms with Crippen LogP contribution >= 0.6 is 28.3 Å². The van der Waals surface area contributed by atoms with Gasteiger partial charge in [-0.25, -0.2) is 36.3 Å². The Labute approximate surface area is 884 Å². The van der Waals surface area contributed by atoms with Crippen molar-refractivity contribution in [2.24, 2.45) is 51.6 Å². The average Bonchev–Trinajstić information content (AvgIpc) is 0.865. The molecule has 0 saturated heterocycles. The number of nitrogens with two attached hydrogens (primary N) is 1. The van der Waals surface area contributed by atoms with Crippen molar-refractivity contribution in [3.8, 4) is 5.75 Å². The van der Waals surface area contributed by atoms with Crippen LogP contribution in [0.3, 0.4) is 0 Å². The molecule has 150 heavy (non-hydrogen) atoms. The number of rotatable bonds is 21. The number of aryl methyl sites for hydroxylation is 4. The van der Waals surface area contributed by atoms with E-state index in [2.05, 4.69) is 85.8 Å². The van der Waals surface area contributed by atoms with Gasteiger partial charge in [-0.15, -0.1) is 12.4 Å². The molecule has 7 aliphatic carbocycles. The molecule has 7 fully saturated rings. The summed E-state index contributed by atoms with van der Waals surface area (Å²) in [6, 6.07) is 62.4. The highest BCUT2D eigenvalue weighted by Crippen LogP contribution is 2.64. The molecule has 0 atom stereocenters. The molecule has 22 rings (SSSR count). The van der Waals surface area contributed by atoms with Gasteiger partial charge in [0.05, 0.1) is 104 Å². The number of alkyl halides is 1. The molecule has 0 radical (unpaired) electrons. The summed E-state index contributed by atoms with van der Waals surface area (Å²) in [5.74, 6) is -2.87. The smallest absolute Gasteiger partial charge is 0.340 e. The minimum atomic E-state index is -1.05. The normalized spacial score (nSPS) is 19.6. The highest BCUT2D eigenvalue weighted by Gasteiger charge is 2.57. The number of ketones is 2. The number of hydrogen-bond acceptors (Lipinski definition) is 16. The van der Waals surface area contributed by atoms with E-state index in [1.54, 1.807) is 84.0 Å². The summed E-state index contributed by atoms with van der Waals surface area (Å²) in [4.78, 5) is 98.2. The number of phenolic OH excluding ortho intramolecular Hbond substituents is 1. The highest BCUT2D eigenvalue weighted by molar-refractivity contribution is 9.08. The van der Waals surface area contributed by atoms with Crippen LogP contribution in [0.1, 0.15) is 225 Å². The molecule has 10 aromatic carbocycles. The summed E-state index contributed by atoms with van der Waals surface area (Å²) in [6.45, 7) is 10.3. The van der Waals surface area contributed by atoms with Gasteiger partial charge in [-0.2, -0.15) is 0 Å². The number of esters is 5. The lowest BCUT2D eigenvalue weighted by atomic mass is 9.47. The fraction of sp³-hybridized carbons (Fsp3) is 0.355. The van der Waals surface area contributed by atoms with Gasteiger partial charge < -0.3 is 68.0 Å². The zero-order valence-corrected chi connectivity index (χ0v) is 87.5. The standard InChI is InChI=1S/C27H28FNO3.C26H26FNO4.C18H16FNO2.C17H14FNO2.C10H8FNO2.C9H15NO2.C8H9Br.C5H10O.CH4.ClH/c1-17-3-5-18(6-4-17)16-29-10-9-21-23(28)8-7-22(25(21)29)24(30)11-19-12-27(13-19)14-20(15-27)26(31)32-2;1-32-25(31)18-13-26(14-18)11-17(12-26)10-23(30)21-6-7-22(27)20-8-9-28(24(20)21)15-16-2-4-19(29)5-3-16;1-12-3-5-13(6-4-12)11-20-10-9-14-16(19)8-7-15(17(14)20)18(21)22-2;1-11-2-4-12(5-3-11)10-19-9-8-13-15(18)7-6-14(16(13)19)17(20)21;1-14-10(13)7-2-3-8(11)6-4-5-12-9(6)7;1-12-8(11)6-2-9(3-6)4-7(10)5-9;1-7-2-4-8(6-9)5-3-7;6-5-3-1-2-4-5;;/h3-10,19-20H,11-16H2,1-2H3;2-9,17-18,29H,10-15H2,1H3;3-10H,11H2,1-2H3;2-9H,10H2,1H3,(H,20,21);2-5,12H,1H3;6-7H,2-5,10H2,1H3;2-5H,6H2,1H3;5-6H,1-4H2;1H4;1H. The van der Waals surface area contributed by atoms with Gasteiger partial charge in [-0.1, -0.05) is 168 Å². The Kier molecular flexibility index (Phi) is 37.9. The van der Waals surface area contributed by atoms with E-state index in [1.165, 1.54) is 119 Å². The molecule has 790 valence electrons. The molecule has 0 aliphatic heterocycles. The summed E-state index contributed by atoms with van der Waals surface area (Å²) in [7, 11) is 6.94. The third kappa shape index (κ3) is 26.8. The second-order valence-electron chi connectivity index (χ2n) is 40.9. The number of H-pyrrole nitrogens is 1. The van der Waals surface area contributed by atoms with Gasteiger partial charge in [0.2, 0.25) is 0 Å². The molecule has 5 heterocycles. The van der Waals surface area contributed by atoms with Crippen LogP contribution in [0.4, 0.5) is 22.0 Å². The Morgan fingerprint density at radius 1 is 0.373 bits per heavy atom. The van der Waals surface area contributed by atoms with Crippen LogP contribution in [-0.4, -0.2) is 134 Å². The van der Waals surface area contributed by atoms with Crippen LogP contribution in [0.25, 0.3) is 54.5 Å². The summed E-state index contributed by atoms with van der Waals surface area (Å²) in [5, 5.41) is 30.6. The van der Waals surface area contributed by atoms with Gasteiger partial charge >= 0.3 is 35.8 Å². The number of aliphatic hydroxyl groups excluding tert-OH is 1. The molecular formula is C121H131BrClF5N6O16. The van der Waals surface area contributed by atoms with Gasteiger partial charge in [0, 0.05) is 119 Å². The molecule has 22 nitrogen and oxygen atoms in total. The van der Waals surface area contributed by atoms with E-state index < -0.39 is 23.7 Å². The second kappa shape index (κ2) is 50.2. The highest BCUT2D eigenvalue weighted by atomic mass is 79.9. The van der Waals surface area contributed by atoms with Gasteiger partial charge in [0.15, 0.2) is 11.6 Å². The van der Waals surface area contributed by atoms with E-state index in [1.807, 2.05) is 101 Å². The summed E-state index contributed by atoms with van der Waals surface area (Å²) in [5.41, 5.74) is 21.7. The van der Waals surface area contributed by atoms with Crippen molar-refractivity contribution in [1.82, 2.24) is 23.3 Å². The molecule has 29 heteroatoms. The second-order valence-corrected chi connectivity index (χ2v) is 41.5. The molecular weight excluding hydrogens is 2000 g/mol. The number of carboxylic acids is 1. The number of benzene rings is 10. The van der Waals surface area contributed by atoms with E-state index in [0.717, 1.165) is 123 Å². The Morgan fingerprint density at radius 3 is 0.967 bits per heavy atom. The number of nitrogens with zero attached hydrogens (tertiary/aromatic N) is 4. The first-order chi connectivity index (χ1) is 71.0. The predicted octanol–water partition coefficient (Wildman–Crippen LogP) is 26.2. The van der Waals surface area contributed by atoms with E-state index in [9.17, 15) is 70.5 Å². The van der Waals surface area contributed by atoms with Gasteiger partial charge in [0.25, 0.3) is 0 Å². The van der Waals surface area contributed by atoms with Gasteiger partial charge in [-0.3, -0.25) is 24.0 Å². The molecule has 6 N–H and O–H groups in total. The monoisotopic (exact) mass is 2130 g/mol. The molecule has 0 amide bonds. The number of methoxy groups -OCH3 is 5. The molecule has 3 spiro atoms. The molecule has 15 aromatic rings. The predicted molar refractivity (Wildman–Crippen MR) is 578 cm³/mol. The number of hydrogen-bond donors (Lipinski definition) is 5. The maximum absolute atomic E-state index is 14.5. The van der Waals surface area contributed by atoms with Crippen molar-refractivity contribution >= 4 is 130 Å². The third-order valence-corrected chi connectivity index (χ3v) is 30.7. The van der Waals surface area contributed by atoms with Gasteiger partial charge in [-0.05, 0) is 277 Å². The Morgan fingerprint density at radius 2 is 0.660 bits per heavy atom. The molecule has 0 bridgehead atoms. The van der Waals surface area contributed by atoms with E-state index >= 15 is 0 Å². The molecule has 7 saturated carbocycles. The van der Waals surface area contributed by atoms with Crippen molar-refractivity contribution in [3.63, 3.8) is 0 Å². The lowest BCUT2D eigenvalue weighted by Gasteiger charge is -2.57. The van der Waals surface area contributed by atoms with Crippen molar-refractivity contribution in [3.05, 3.63) is 350 Å². The van der Waals surface area contributed by atoms with E-state index in [0.29, 0.717) is 139 Å². The minimum Gasteiger partial charge on any atom is -0.508 e. The Balaban J connectivity index is 0.000000149. The van der Waals surface area contributed by atoms with Crippen molar-refractivity contribution in [1.29, 1.82) is 0 Å². The first-order valence-electron chi connectivity index (χ1n) is 50.1. The fourth-order valence-electron chi connectivity index (χ4n) is 22.4. The summed E-state index contributed by atoms with van der Waals surface area (Å²) in [6.07, 6.45) is 25.9. The van der Waals surface area contributed by atoms with Crippen LogP contribution in [0.2, 0.25) is 0 Å². The Hall–Kier alpha value is -13.8. The number of aromatic hydroxyl groups is 1. The lowest BCUT2D eigenvalue weighted by Crippen LogP contribution is -2.54. The van der Waals surface area contributed by atoms with Crippen LogP contribution in [-0.2, 0) is 69.6 Å². The van der Waals surface area contributed by atoms with Crippen LogP contribution in [0.15, 0.2) is 243 Å². The van der Waals surface area contributed by atoms with E-state index in [4.69, 9.17) is 25.1 Å². The number of aromatic amines is 1. The number of carbonyl (C=O) groups excluding carboxylic acids is 7. The SMILES string of the molecule is C.COC(=O)C1CC2(CC(CC(=O)c3ccc(F)c4ccn(Cc5ccc(C)cc5)c34)C2)C1.COC(=O)C1CC2(CC(CC(=O)c3ccc(F)c4ccn(Cc5ccc(O)cc5)c34)C2)C1.COC(=O)C1CC2(CC(N)C2)C1.COC(=O)c1ccc(F)c2cc[nH]c12.COC(=O)c1ccc(F)c2ccn(Cc3ccc(C)cc3)c12.Cc1ccc(CBr)cc1.Cc1ccc(Cn2ccc3c(F)ccc(C(=O)O)c32)cc1.Cl.OC1CCCC1. The van der Waals surface area contributed by atoms with Crippen LogP contribution in [0, 0.1) is 103 Å². The van der Waals surface area contributed by atoms with Gasteiger partial charge in [0.1, 0.15) is 34.8 Å². The van der Waals surface area contributed by atoms with E-state index in [-0.39, 0.29) is 119 Å². The number of phenols is 1. The summed E-state index contributed by atoms with van der Waals surface area (Å²) < 4.78 is 101. The number of carbonyl (C=O) groups is 8. The first-order valence-corrected chi connectivity index (χ1v) is 51.2. The number of Topliss-reactive ketones (excluding diaryl/α,β-unsaturated/α-hetero) is 2. The number of aromatic carboxylic acids is 1.